The molecule has 1 aromatic rings. The van der Waals surface area contributed by atoms with Crippen molar-refractivity contribution < 1.29 is 4.74 Å². The summed E-state index contributed by atoms with van der Waals surface area (Å²) < 4.78 is 5.03. The molecule has 1 fully saturated rings. The van der Waals surface area contributed by atoms with Crippen LogP contribution >= 0.6 is 0 Å². The van der Waals surface area contributed by atoms with E-state index in [9.17, 15) is 0 Å². The number of nitrogens with zero attached hydrogens (tertiary/aromatic N) is 3. The largest absolute Gasteiger partial charge is 0.384 e. The van der Waals surface area contributed by atoms with Crippen LogP contribution in [0.4, 0.5) is 11.6 Å². The highest BCUT2D eigenvalue weighted by atomic mass is 16.5. The van der Waals surface area contributed by atoms with E-state index in [0.29, 0.717) is 18.2 Å². The molecule has 1 heterocycles. The quantitative estimate of drug-likeness (QED) is 0.834. The second-order valence-electron chi connectivity index (χ2n) is 4.85. The third-order valence-corrected chi connectivity index (χ3v) is 3.23. The summed E-state index contributed by atoms with van der Waals surface area (Å²) in [5.41, 5.74) is 5.77. The first kappa shape index (κ1) is 12.1. The van der Waals surface area contributed by atoms with Gasteiger partial charge in [-0.15, -0.1) is 0 Å². The average Bonchev–Trinajstić information content (AvgIpc) is 2.93. The van der Waals surface area contributed by atoms with Crippen molar-refractivity contribution in [2.75, 3.05) is 31.3 Å². The van der Waals surface area contributed by atoms with E-state index in [1.165, 1.54) is 6.42 Å². The zero-order valence-electron chi connectivity index (χ0n) is 10.7. The van der Waals surface area contributed by atoms with Gasteiger partial charge in [-0.1, -0.05) is 6.92 Å². The van der Waals surface area contributed by atoms with Gasteiger partial charge in [-0.2, -0.15) is 0 Å². The van der Waals surface area contributed by atoms with E-state index in [4.69, 9.17) is 10.5 Å². The molecule has 2 N–H and O–H groups in total. The van der Waals surface area contributed by atoms with Crippen LogP contribution in [0.3, 0.4) is 0 Å². The molecule has 0 aliphatic heterocycles. The van der Waals surface area contributed by atoms with E-state index in [-0.39, 0.29) is 0 Å². The molecule has 17 heavy (non-hydrogen) atoms. The van der Waals surface area contributed by atoms with Gasteiger partial charge in [-0.05, 0) is 18.3 Å². The Morgan fingerprint density at radius 2 is 2.24 bits per heavy atom. The molecule has 1 aromatic heterocycles. The summed E-state index contributed by atoms with van der Waals surface area (Å²) in [6, 6.07) is 1.81. The highest BCUT2D eigenvalue weighted by Gasteiger charge is 2.33. The van der Waals surface area contributed by atoms with Gasteiger partial charge in [0.2, 0.25) is 0 Å². The minimum Gasteiger partial charge on any atom is -0.384 e. The Bertz CT molecular complexity index is 396. The van der Waals surface area contributed by atoms with Gasteiger partial charge in [0.1, 0.15) is 18.2 Å². The molecule has 1 aliphatic rings. The molecule has 2 rings (SSSR count). The first-order valence-electron chi connectivity index (χ1n) is 5.93. The van der Waals surface area contributed by atoms with Crippen molar-refractivity contribution in [3.05, 3.63) is 11.9 Å². The molecule has 0 bridgehead atoms. The second kappa shape index (κ2) is 4.87. The Balaban J connectivity index is 2.07. The molecular formula is C12H20N4O. The van der Waals surface area contributed by atoms with Crippen molar-refractivity contribution >= 4 is 11.6 Å². The van der Waals surface area contributed by atoms with E-state index < -0.39 is 0 Å². The van der Waals surface area contributed by atoms with Crippen LogP contribution in [-0.4, -0.2) is 30.7 Å². The third-order valence-electron chi connectivity index (χ3n) is 3.23. The molecule has 0 aromatic carbocycles. The van der Waals surface area contributed by atoms with E-state index in [2.05, 4.69) is 21.8 Å². The van der Waals surface area contributed by atoms with Gasteiger partial charge in [-0.25, -0.2) is 9.97 Å². The standard InChI is InChI=1S/C12H20N4O/c1-8-4-9(8)6-16(2)12-5-10(13)14-11(15-12)7-17-3/h5,8-9H,4,6-7H2,1-3H3,(H2,13,14,15). The fourth-order valence-corrected chi connectivity index (χ4v) is 1.99. The van der Waals surface area contributed by atoms with Gasteiger partial charge < -0.3 is 15.4 Å². The summed E-state index contributed by atoms with van der Waals surface area (Å²) in [6.45, 7) is 3.71. The predicted octanol–water partition coefficient (Wildman–Crippen LogP) is 1.30. The summed E-state index contributed by atoms with van der Waals surface area (Å²) in [4.78, 5) is 10.7. The van der Waals surface area contributed by atoms with Crippen LogP contribution in [0.2, 0.25) is 0 Å². The van der Waals surface area contributed by atoms with Crippen LogP contribution in [0.1, 0.15) is 19.2 Å². The Morgan fingerprint density at radius 3 is 2.82 bits per heavy atom. The monoisotopic (exact) mass is 236 g/mol. The maximum atomic E-state index is 5.77. The molecule has 2 unspecified atom stereocenters. The SMILES string of the molecule is COCc1nc(N)cc(N(C)CC2CC2C)n1. The number of nitrogen functional groups attached to an aromatic ring is 1. The lowest BCUT2D eigenvalue weighted by atomic mass is 10.3. The molecule has 0 radical (unpaired) electrons. The van der Waals surface area contributed by atoms with E-state index in [1.54, 1.807) is 7.11 Å². The van der Waals surface area contributed by atoms with Gasteiger partial charge in [0.15, 0.2) is 5.82 Å². The number of nitrogens with two attached hydrogens (primary N) is 1. The molecule has 5 heteroatoms. The number of rotatable bonds is 5. The topological polar surface area (TPSA) is 64.3 Å². The Labute approximate surface area is 102 Å². The number of ether oxygens (including phenoxy) is 1. The van der Waals surface area contributed by atoms with Crippen molar-refractivity contribution in [3.63, 3.8) is 0 Å². The lowest BCUT2D eigenvalue weighted by Gasteiger charge is -2.18. The Kier molecular flexibility index (Phi) is 3.47. The molecular weight excluding hydrogens is 216 g/mol. The molecule has 0 saturated heterocycles. The maximum absolute atomic E-state index is 5.77. The van der Waals surface area contributed by atoms with Gasteiger partial charge in [0.05, 0.1) is 0 Å². The minimum absolute atomic E-state index is 0.395. The average molecular weight is 236 g/mol. The van der Waals surface area contributed by atoms with Crippen molar-refractivity contribution in [1.82, 2.24) is 9.97 Å². The summed E-state index contributed by atoms with van der Waals surface area (Å²) in [5.74, 6) is 3.65. The lowest BCUT2D eigenvalue weighted by Crippen LogP contribution is -2.22. The molecule has 0 spiro atoms. The van der Waals surface area contributed by atoms with Crippen molar-refractivity contribution in [3.8, 4) is 0 Å². The molecule has 1 saturated carbocycles. The molecule has 0 amide bonds. The summed E-state index contributed by atoms with van der Waals surface area (Å²) in [7, 11) is 3.67. The highest BCUT2D eigenvalue weighted by molar-refractivity contribution is 5.46. The minimum atomic E-state index is 0.395. The van der Waals surface area contributed by atoms with Crippen molar-refractivity contribution in [2.45, 2.75) is 20.0 Å². The van der Waals surface area contributed by atoms with E-state index in [1.807, 2.05) is 13.1 Å². The van der Waals surface area contributed by atoms with Crippen LogP contribution < -0.4 is 10.6 Å². The van der Waals surface area contributed by atoms with Crippen molar-refractivity contribution in [1.29, 1.82) is 0 Å². The summed E-state index contributed by atoms with van der Waals surface area (Å²) in [5, 5.41) is 0. The zero-order valence-corrected chi connectivity index (χ0v) is 10.7. The molecule has 94 valence electrons. The van der Waals surface area contributed by atoms with Crippen LogP contribution in [0, 0.1) is 11.8 Å². The fourth-order valence-electron chi connectivity index (χ4n) is 1.99. The number of hydrogen-bond donors (Lipinski definition) is 1. The maximum Gasteiger partial charge on any atom is 0.158 e. The summed E-state index contributed by atoms with van der Waals surface area (Å²) in [6.07, 6.45) is 1.32. The number of hydrogen-bond acceptors (Lipinski definition) is 5. The second-order valence-corrected chi connectivity index (χ2v) is 4.85. The Morgan fingerprint density at radius 1 is 1.53 bits per heavy atom. The normalized spacial score (nSPS) is 22.5. The van der Waals surface area contributed by atoms with Crippen LogP contribution in [-0.2, 0) is 11.3 Å². The van der Waals surface area contributed by atoms with Gasteiger partial charge in [-0.3, -0.25) is 0 Å². The number of methoxy groups -OCH3 is 1. The Hall–Kier alpha value is -1.36. The lowest BCUT2D eigenvalue weighted by molar-refractivity contribution is 0.178. The van der Waals surface area contributed by atoms with Crippen LogP contribution in [0.5, 0.6) is 0 Å². The van der Waals surface area contributed by atoms with Crippen LogP contribution in [0.15, 0.2) is 6.07 Å². The number of anilines is 2. The van der Waals surface area contributed by atoms with Crippen molar-refractivity contribution in [2.24, 2.45) is 11.8 Å². The van der Waals surface area contributed by atoms with Gasteiger partial charge in [0, 0.05) is 26.8 Å². The first-order chi connectivity index (χ1) is 8.10. The number of aromatic nitrogens is 2. The van der Waals surface area contributed by atoms with E-state index in [0.717, 1.165) is 24.2 Å². The van der Waals surface area contributed by atoms with Crippen LogP contribution in [0.25, 0.3) is 0 Å². The zero-order chi connectivity index (χ0) is 12.4. The summed E-state index contributed by atoms with van der Waals surface area (Å²) >= 11 is 0. The van der Waals surface area contributed by atoms with Gasteiger partial charge in [0.25, 0.3) is 0 Å². The molecule has 5 nitrogen and oxygen atoms in total. The predicted molar refractivity (Wildman–Crippen MR) is 67.7 cm³/mol. The van der Waals surface area contributed by atoms with Gasteiger partial charge >= 0.3 is 0 Å². The third kappa shape index (κ3) is 3.06. The highest BCUT2D eigenvalue weighted by Crippen LogP contribution is 2.38. The molecule has 2 atom stereocenters. The fraction of sp³-hybridized carbons (Fsp3) is 0.667. The first-order valence-corrected chi connectivity index (χ1v) is 5.93. The molecule has 1 aliphatic carbocycles. The smallest absolute Gasteiger partial charge is 0.158 e. The van der Waals surface area contributed by atoms with E-state index >= 15 is 0 Å².